The number of aromatic nitrogens is 2. The van der Waals surface area contributed by atoms with Gasteiger partial charge in [-0.1, -0.05) is 24.3 Å². The van der Waals surface area contributed by atoms with Gasteiger partial charge >= 0.3 is 0 Å². The fourth-order valence-electron chi connectivity index (χ4n) is 4.05. The summed E-state index contributed by atoms with van der Waals surface area (Å²) in [5, 5.41) is 0. The van der Waals surface area contributed by atoms with Crippen molar-refractivity contribution in [2.24, 2.45) is 0 Å². The molecule has 1 saturated heterocycles. The molecule has 1 fully saturated rings. The Morgan fingerprint density at radius 1 is 1.18 bits per heavy atom. The minimum Gasteiger partial charge on any atom is -0.334 e. The largest absolute Gasteiger partial charge is 0.334 e. The molecule has 0 radical (unpaired) electrons. The van der Waals surface area contributed by atoms with Crippen molar-refractivity contribution in [1.29, 1.82) is 0 Å². The van der Waals surface area contributed by atoms with Crippen LogP contribution in [0.15, 0.2) is 30.5 Å². The SMILES string of the molecule is Cc1ccccc1C1CCc2nc(CN3CCCC3)cn2C1. The van der Waals surface area contributed by atoms with Crippen LogP contribution in [0.3, 0.4) is 0 Å². The Balaban J connectivity index is 1.51. The smallest absolute Gasteiger partial charge is 0.109 e. The second-order valence-electron chi connectivity index (χ2n) is 6.88. The van der Waals surface area contributed by atoms with Gasteiger partial charge in [-0.05, 0) is 50.4 Å². The molecule has 1 atom stereocenters. The van der Waals surface area contributed by atoms with Crippen LogP contribution in [0.1, 0.15) is 47.8 Å². The maximum atomic E-state index is 4.89. The minimum absolute atomic E-state index is 0.641. The number of fused-ring (bicyclic) bond motifs is 1. The van der Waals surface area contributed by atoms with E-state index in [0.29, 0.717) is 5.92 Å². The van der Waals surface area contributed by atoms with Crippen LogP contribution in [0.25, 0.3) is 0 Å². The lowest BCUT2D eigenvalue weighted by molar-refractivity contribution is 0.327. The first kappa shape index (κ1) is 14.0. The average molecular weight is 295 g/mol. The van der Waals surface area contributed by atoms with E-state index in [9.17, 15) is 0 Å². The molecule has 2 aliphatic rings. The van der Waals surface area contributed by atoms with E-state index in [-0.39, 0.29) is 0 Å². The molecule has 3 heteroatoms. The van der Waals surface area contributed by atoms with Crippen molar-refractivity contribution < 1.29 is 0 Å². The second kappa shape index (κ2) is 5.88. The van der Waals surface area contributed by atoms with Gasteiger partial charge in [0, 0.05) is 31.6 Å². The molecule has 0 bridgehead atoms. The fraction of sp³-hybridized carbons (Fsp3) is 0.526. The highest BCUT2D eigenvalue weighted by molar-refractivity contribution is 5.30. The molecule has 22 heavy (non-hydrogen) atoms. The molecule has 3 heterocycles. The van der Waals surface area contributed by atoms with Crippen molar-refractivity contribution >= 4 is 0 Å². The standard InChI is InChI=1S/C19H25N3/c1-15-6-2-3-7-18(15)16-8-9-19-20-17(14-22(19)12-16)13-21-10-4-5-11-21/h2-3,6-7,14,16H,4-5,8-13H2,1H3. The predicted octanol–water partition coefficient (Wildman–Crippen LogP) is 3.52. The summed E-state index contributed by atoms with van der Waals surface area (Å²) in [6, 6.07) is 8.84. The third kappa shape index (κ3) is 2.70. The molecule has 0 saturated carbocycles. The zero-order valence-electron chi connectivity index (χ0n) is 13.5. The molecule has 4 rings (SSSR count). The van der Waals surface area contributed by atoms with Crippen molar-refractivity contribution in [3.8, 4) is 0 Å². The highest BCUT2D eigenvalue weighted by Crippen LogP contribution is 2.30. The van der Waals surface area contributed by atoms with Gasteiger partial charge in [0.25, 0.3) is 0 Å². The Labute approximate surface area is 133 Å². The summed E-state index contributed by atoms with van der Waals surface area (Å²) in [7, 11) is 0. The molecule has 0 aliphatic carbocycles. The molecule has 1 aromatic heterocycles. The van der Waals surface area contributed by atoms with Crippen molar-refractivity contribution in [2.45, 2.75) is 51.6 Å². The zero-order chi connectivity index (χ0) is 14.9. The highest BCUT2D eigenvalue weighted by atomic mass is 15.2. The maximum Gasteiger partial charge on any atom is 0.109 e. The highest BCUT2D eigenvalue weighted by Gasteiger charge is 2.23. The van der Waals surface area contributed by atoms with Gasteiger partial charge in [0.15, 0.2) is 0 Å². The Bertz CT molecular complexity index is 652. The number of likely N-dealkylation sites (tertiary alicyclic amines) is 1. The van der Waals surface area contributed by atoms with Gasteiger partial charge < -0.3 is 4.57 Å². The zero-order valence-corrected chi connectivity index (χ0v) is 13.5. The number of hydrogen-bond donors (Lipinski definition) is 0. The van der Waals surface area contributed by atoms with Gasteiger partial charge in [0.05, 0.1) is 5.69 Å². The first-order valence-electron chi connectivity index (χ1n) is 8.62. The van der Waals surface area contributed by atoms with E-state index >= 15 is 0 Å². The van der Waals surface area contributed by atoms with Crippen LogP contribution in [-0.4, -0.2) is 27.5 Å². The number of nitrogens with zero attached hydrogens (tertiary/aromatic N) is 3. The summed E-state index contributed by atoms with van der Waals surface area (Å²) >= 11 is 0. The molecule has 116 valence electrons. The molecule has 0 amide bonds. The van der Waals surface area contributed by atoms with Crippen molar-refractivity contribution in [3.05, 3.63) is 53.1 Å². The first-order valence-corrected chi connectivity index (χ1v) is 8.62. The minimum atomic E-state index is 0.641. The third-order valence-electron chi connectivity index (χ3n) is 5.26. The fourth-order valence-corrected chi connectivity index (χ4v) is 4.05. The Hall–Kier alpha value is -1.61. The number of aryl methyl sites for hydroxylation is 2. The average Bonchev–Trinajstić information content (AvgIpc) is 3.16. The summed E-state index contributed by atoms with van der Waals surface area (Å²) in [5.41, 5.74) is 4.21. The van der Waals surface area contributed by atoms with E-state index in [0.717, 1.165) is 19.5 Å². The van der Waals surface area contributed by atoms with Crippen molar-refractivity contribution in [2.75, 3.05) is 13.1 Å². The first-order chi connectivity index (χ1) is 10.8. The van der Waals surface area contributed by atoms with Gasteiger partial charge in [-0.2, -0.15) is 0 Å². The van der Waals surface area contributed by atoms with Gasteiger partial charge in [-0.15, -0.1) is 0 Å². The lowest BCUT2D eigenvalue weighted by Gasteiger charge is -2.25. The topological polar surface area (TPSA) is 21.1 Å². The molecular weight excluding hydrogens is 270 g/mol. The monoisotopic (exact) mass is 295 g/mol. The van der Waals surface area contributed by atoms with E-state index in [4.69, 9.17) is 4.98 Å². The van der Waals surface area contributed by atoms with Crippen LogP contribution in [0.2, 0.25) is 0 Å². The summed E-state index contributed by atoms with van der Waals surface area (Å²) < 4.78 is 2.41. The molecule has 2 aliphatic heterocycles. The molecule has 1 unspecified atom stereocenters. The molecule has 0 N–H and O–H groups in total. The van der Waals surface area contributed by atoms with Crippen molar-refractivity contribution in [1.82, 2.24) is 14.5 Å². The van der Waals surface area contributed by atoms with E-state index in [1.165, 1.54) is 55.0 Å². The van der Waals surface area contributed by atoms with Gasteiger partial charge in [-0.3, -0.25) is 4.90 Å². The van der Waals surface area contributed by atoms with E-state index in [2.05, 4.69) is 46.9 Å². The molecule has 0 spiro atoms. The Morgan fingerprint density at radius 2 is 2.00 bits per heavy atom. The number of hydrogen-bond acceptors (Lipinski definition) is 2. The van der Waals surface area contributed by atoms with Crippen LogP contribution in [0, 0.1) is 6.92 Å². The number of benzene rings is 1. The summed E-state index contributed by atoms with van der Waals surface area (Å²) in [6.45, 7) is 6.85. The number of imidazole rings is 1. The lowest BCUT2D eigenvalue weighted by atomic mass is 9.89. The van der Waals surface area contributed by atoms with E-state index in [1.54, 1.807) is 0 Å². The lowest BCUT2D eigenvalue weighted by Crippen LogP contribution is -2.19. The summed E-state index contributed by atoms with van der Waals surface area (Å²) in [5.74, 6) is 1.93. The van der Waals surface area contributed by atoms with Gasteiger partial charge in [0.2, 0.25) is 0 Å². The van der Waals surface area contributed by atoms with Crippen molar-refractivity contribution in [3.63, 3.8) is 0 Å². The molecule has 1 aromatic carbocycles. The second-order valence-corrected chi connectivity index (χ2v) is 6.88. The van der Waals surface area contributed by atoms with Crippen LogP contribution >= 0.6 is 0 Å². The van der Waals surface area contributed by atoms with E-state index < -0.39 is 0 Å². The summed E-state index contributed by atoms with van der Waals surface area (Å²) in [6.07, 6.45) is 7.34. The number of rotatable bonds is 3. The predicted molar refractivity (Wildman–Crippen MR) is 89.0 cm³/mol. The van der Waals surface area contributed by atoms with Crippen LogP contribution in [0.5, 0.6) is 0 Å². The molecule has 2 aromatic rings. The van der Waals surface area contributed by atoms with Gasteiger partial charge in [0.1, 0.15) is 5.82 Å². The van der Waals surface area contributed by atoms with Crippen LogP contribution in [0.4, 0.5) is 0 Å². The Morgan fingerprint density at radius 3 is 2.82 bits per heavy atom. The molecule has 3 nitrogen and oxygen atoms in total. The normalized spacial score (nSPS) is 22.0. The quantitative estimate of drug-likeness (QED) is 0.864. The maximum absolute atomic E-state index is 4.89. The van der Waals surface area contributed by atoms with Crippen LogP contribution < -0.4 is 0 Å². The summed E-state index contributed by atoms with van der Waals surface area (Å²) in [4.78, 5) is 7.42. The Kier molecular flexibility index (Phi) is 3.75. The molecular formula is C19H25N3. The van der Waals surface area contributed by atoms with Gasteiger partial charge in [-0.25, -0.2) is 4.98 Å². The third-order valence-corrected chi connectivity index (χ3v) is 5.26. The van der Waals surface area contributed by atoms with E-state index in [1.807, 2.05) is 0 Å². The van der Waals surface area contributed by atoms with Crippen LogP contribution in [-0.2, 0) is 19.5 Å².